The second-order valence-corrected chi connectivity index (χ2v) is 4.56. The number of ether oxygens (including phenoxy) is 2. The molecule has 1 unspecified atom stereocenters. The number of hydrogen-bond donors (Lipinski definition) is 1. The maximum Gasteiger partial charge on any atom is 0.407 e. The first kappa shape index (κ1) is 15.5. The molecule has 1 N–H and O–H groups in total. The summed E-state index contributed by atoms with van der Waals surface area (Å²) in [5.74, 6) is -0.390. The Morgan fingerprint density at radius 2 is 1.94 bits per heavy atom. The van der Waals surface area contributed by atoms with Crippen LogP contribution < -0.4 is 5.32 Å². The van der Waals surface area contributed by atoms with Crippen LogP contribution in [0.3, 0.4) is 0 Å². The van der Waals surface area contributed by atoms with E-state index in [1.165, 1.54) is 6.92 Å². The van der Waals surface area contributed by atoms with Crippen molar-refractivity contribution in [3.05, 3.63) is 12.2 Å². The second-order valence-electron chi connectivity index (χ2n) is 4.56. The highest BCUT2D eigenvalue weighted by Crippen LogP contribution is 2.06. The lowest BCUT2D eigenvalue weighted by atomic mass is 10.2. The van der Waals surface area contributed by atoms with E-state index in [0.29, 0.717) is 0 Å². The Hall–Kier alpha value is -1.52. The van der Waals surface area contributed by atoms with Gasteiger partial charge in [-0.2, -0.15) is 0 Å². The van der Waals surface area contributed by atoms with Crippen LogP contribution in [0.1, 0.15) is 34.6 Å². The molecule has 17 heavy (non-hydrogen) atoms. The van der Waals surface area contributed by atoms with Crippen molar-refractivity contribution in [3.63, 3.8) is 0 Å². The number of carbonyl (C=O) groups is 2. The lowest BCUT2D eigenvalue weighted by Gasteiger charge is -2.21. The summed E-state index contributed by atoms with van der Waals surface area (Å²) in [4.78, 5) is 22.2. The molecule has 0 radical (unpaired) electrons. The highest BCUT2D eigenvalue weighted by Gasteiger charge is 2.17. The van der Waals surface area contributed by atoms with Gasteiger partial charge < -0.3 is 14.8 Å². The SMILES string of the molecule is C/C=C/C(CNC(=O)OC(C)(C)C)OC(C)=O. The summed E-state index contributed by atoms with van der Waals surface area (Å²) in [5, 5.41) is 2.54. The molecule has 0 saturated carbocycles. The number of nitrogens with one attached hydrogen (secondary N) is 1. The van der Waals surface area contributed by atoms with Crippen LogP contribution in [0.15, 0.2) is 12.2 Å². The van der Waals surface area contributed by atoms with E-state index in [0.717, 1.165) is 0 Å². The molecule has 5 heteroatoms. The number of amides is 1. The third-order valence-electron chi connectivity index (χ3n) is 1.57. The van der Waals surface area contributed by atoms with E-state index in [1.54, 1.807) is 32.9 Å². The molecule has 0 heterocycles. The number of alkyl carbamates (subject to hydrolysis) is 1. The first-order chi connectivity index (χ1) is 7.74. The van der Waals surface area contributed by atoms with Crippen LogP contribution in [0.2, 0.25) is 0 Å². The van der Waals surface area contributed by atoms with Gasteiger partial charge in [0.15, 0.2) is 0 Å². The van der Waals surface area contributed by atoms with Crippen LogP contribution in [0.25, 0.3) is 0 Å². The van der Waals surface area contributed by atoms with Crippen LogP contribution in [0.5, 0.6) is 0 Å². The molecule has 98 valence electrons. The van der Waals surface area contributed by atoms with E-state index < -0.39 is 17.8 Å². The third kappa shape index (κ3) is 9.41. The normalized spacial score (nSPS) is 13.2. The minimum Gasteiger partial charge on any atom is -0.456 e. The van der Waals surface area contributed by atoms with Gasteiger partial charge in [-0.15, -0.1) is 0 Å². The monoisotopic (exact) mass is 243 g/mol. The van der Waals surface area contributed by atoms with Crippen molar-refractivity contribution in [2.45, 2.75) is 46.3 Å². The third-order valence-corrected chi connectivity index (χ3v) is 1.57. The lowest BCUT2D eigenvalue weighted by Crippen LogP contribution is -2.37. The molecule has 0 rings (SSSR count). The first-order valence-electron chi connectivity index (χ1n) is 5.51. The van der Waals surface area contributed by atoms with Crippen LogP contribution >= 0.6 is 0 Å². The molecular weight excluding hydrogens is 222 g/mol. The summed E-state index contributed by atoms with van der Waals surface area (Å²) in [5.41, 5.74) is -0.540. The minimum atomic E-state index is -0.540. The fourth-order valence-electron chi connectivity index (χ4n) is 1.07. The molecule has 1 amide bonds. The van der Waals surface area contributed by atoms with Gasteiger partial charge in [0.05, 0.1) is 6.54 Å². The number of carbonyl (C=O) groups excluding carboxylic acids is 2. The number of hydrogen-bond acceptors (Lipinski definition) is 4. The van der Waals surface area contributed by atoms with Crippen LogP contribution in [-0.2, 0) is 14.3 Å². The van der Waals surface area contributed by atoms with Gasteiger partial charge >= 0.3 is 12.1 Å². The van der Waals surface area contributed by atoms with E-state index in [9.17, 15) is 9.59 Å². The minimum absolute atomic E-state index is 0.193. The summed E-state index contributed by atoms with van der Waals surface area (Å²) in [7, 11) is 0. The average Bonchev–Trinajstić information content (AvgIpc) is 2.11. The van der Waals surface area contributed by atoms with Gasteiger partial charge in [-0.3, -0.25) is 4.79 Å². The first-order valence-corrected chi connectivity index (χ1v) is 5.51. The molecule has 0 aliphatic rings. The van der Waals surface area contributed by atoms with E-state index in [2.05, 4.69) is 5.32 Å². The van der Waals surface area contributed by atoms with Crippen molar-refractivity contribution >= 4 is 12.1 Å². The molecular formula is C12H21NO4. The van der Waals surface area contributed by atoms with Gasteiger partial charge in [0, 0.05) is 6.92 Å². The van der Waals surface area contributed by atoms with Crippen LogP contribution in [-0.4, -0.2) is 30.3 Å². The number of rotatable bonds is 4. The fourth-order valence-corrected chi connectivity index (χ4v) is 1.07. The molecule has 0 aromatic carbocycles. The van der Waals surface area contributed by atoms with Crippen molar-refractivity contribution in [2.75, 3.05) is 6.54 Å². The Kier molecular flexibility index (Phi) is 6.31. The molecule has 0 saturated heterocycles. The summed E-state index contributed by atoms with van der Waals surface area (Å²) in [6, 6.07) is 0. The smallest absolute Gasteiger partial charge is 0.407 e. The summed E-state index contributed by atoms with van der Waals surface area (Å²) < 4.78 is 10.0. The van der Waals surface area contributed by atoms with Crippen molar-refractivity contribution in [3.8, 4) is 0 Å². The van der Waals surface area contributed by atoms with E-state index in [-0.39, 0.29) is 12.5 Å². The Morgan fingerprint density at radius 3 is 2.35 bits per heavy atom. The largest absolute Gasteiger partial charge is 0.456 e. The second kappa shape index (κ2) is 6.93. The molecule has 5 nitrogen and oxygen atoms in total. The van der Waals surface area contributed by atoms with Gasteiger partial charge in [0.2, 0.25) is 0 Å². The fraction of sp³-hybridized carbons (Fsp3) is 0.667. The topological polar surface area (TPSA) is 64.6 Å². The Bertz CT molecular complexity index is 291. The number of allylic oxidation sites excluding steroid dienone is 1. The molecule has 0 spiro atoms. The maximum atomic E-state index is 11.4. The zero-order valence-electron chi connectivity index (χ0n) is 11.1. The highest BCUT2D eigenvalue weighted by molar-refractivity contribution is 5.68. The average molecular weight is 243 g/mol. The maximum absolute atomic E-state index is 11.4. The Balaban J connectivity index is 4.12. The quantitative estimate of drug-likeness (QED) is 0.606. The molecule has 1 atom stereocenters. The van der Waals surface area contributed by atoms with Gasteiger partial charge in [0.25, 0.3) is 0 Å². The van der Waals surface area contributed by atoms with Crippen molar-refractivity contribution < 1.29 is 19.1 Å². The van der Waals surface area contributed by atoms with Crippen molar-refractivity contribution in [1.29, 1.82) is 0 Å². The zero-order valence-corrected chi connectivity index (χ0v) is 11.1. The van der Waals surface area contributed by atoms with Crippen LogP contribution in [0, 0.1) is 0 Å². The van der Waals surface area contributed by atoms with Crippen molar-refractivity contribution in [1.82, 2.24) is 5.32 Å². The standard InChI is InChI=1S/C12H21NO4/c1-6-7-10(16-9(2)14)8-13-11(15)17-12(3,4)5/h6-7,10H,8H2,1-5H3,(H,13,15)/b7-6+. The molecule has 0 fully saturated rings. The highest BCUT2D eigenvalue weighted by atomic mass is 16.6. The van der Waals surface area contributed by atoms with Crippen LogP contribution in [0.4, 0.5) is 4.79 Å². The van der Waals surface area contributed by atoms with E-state index in [1.807, 2.05) is 6.92 Å². The predicted molar refractivity (Wildman–Crippen MR) is 64.6 cm³/mol. The van der Waals surface area contributed by atoms with E-state index >= 15 is 0 Å². The van der Waals surface area contributed by atoms with Gasteiger partial charge in [-0.25, -0.2) is 4.79 Å². The molecule has 0 aromatic heterocycles. The molecule has 0 aliphatic heterocycles. The number of esters is 1. The van der Waals surface area contributed by atoms with Gasteiger partial charge in [-0.05, 0) is 33.8 Å². The van der Waals surface area contributed by atoms with Gasteiger partial charge in [-0.1, -0.05) is 6.08 Å². The lowest BCUT2D eigenvalue weighted by molar-refractivity contribution is -0.144. The van der Waals surface area contributed by atoms with E-state index in [4.69, 9.17) is 9.47 Å². The molecule has 0 aromatic rings. The Labute approximate surface area is 102 Å². The summed E-state index contributed by atoms with van der Waals surface area (Å²) >= 11 is 0. The van der Waals surface area contributed by atoms with Crippen molar-refractivity contribution in [2.24, 2.45) is 0 Å². The Morgan fingerprint density at radius 1 is 1.35 bits per heavy atom. The summed E-state index contributed by atoms with van der Waals surface area (Å²) in [6.45, 7) is 8.67. The predicted octanol–water partition coefficient (Wildman–Crippen LogP) is 2.02. The zero-order chi connectivity index (χ0) is 13.5. The molecule has 0 aliphatic carbocycles. The van der Waals surface area contributed by atoms with Gasteiger partial charge in [0.1, 0.15) is 11.7 Å². The summed E-state index contributed by atoms with van der Waals surface area (Å²) in [6.07, 6.45) is 2.45. The molecule has 0 bridgehead atoms.